The molecule has 0 aromatic carbocycles. The summed E-state index contributed by atoms with van der Waals surface area (Å²) >= 11 is 0. The summed E-state index contributed by atoms with van der Waals surface area (Å²) in [6.07, 6.45) is 3.42. The molecule has 0 bridgehead atoms. The third-order valence-electron chi connectivity index (χ3n) is 1.62. The molecular weight excluding hydrogens is 138 g/mol. The molecule has 0 unspecified atom stereocenters. The fourth-order valence-corrected chi connectivity index (χ4v) is 1.05. The van der Waals surface area contributed by atoms with E-state index in [9.17, 15) is 0 Å². The lowest BCUT2D eigenvalue weighted by Crippen LogP contribution is -1.88. The molecule has 0 aliphatic rings. The highest BCUT2D eigenvalue weighted by atomic mass is 15.1. The van der Waals surface area contributed by atoms with Crippen LogP contribution >= 0.6 is 0 Å². The van der Waals surface area contributed by atoms with Crippen molar-refractivity contribution in [3.8, 4) is 0 Å². The monoisotopic (exact) mass is 145 g/mol. The number of hydrogen-bond donors (Lipinski definition) is 0. The predicted octanol–water partition coefficient (Wildman–Crippen LogP) is 1.33. The lowest BCUT2D eigenvalue weighted by molar-refractivity contribution is 0.997. The second-order valence-corrected chi connectivity index (χ2v) is 2.37. The number of rotatable bonds is 0. The zero-order valence-corrected chi connectivity index (χ0v) is 6.15. The number of pyridine rings is 1. The van der Waals surface area contributed by atoms with Crippen molar-refractivity contribution in [1.29, 1.82) is 0 Å². The van der Waals surface area contributed by atoms with Crippen molar-refractivity contribution in [1.82, 2.24) is 15.2 Å². The topological polar surface area (TPSA) is 38.7 Å². The molecule has 3 heteroatoms. The molecule has 0 saturated carbocycles. The van der Waals surface area contributed by atoms with Crippen LogP contribution in [0.2, 0.25) is 0 Å². The van der Waals surface area contributed by atoms with Gasteiger partial charge in [0.25, 0.3) is 0 Å². The van der Waals surface area contributed by atoms with Crippen LogP contribution in [0.3, 0.4) is 0 Å². The lowest BCUT2D eigenvalue weighted by Gasteiger charge is -1.95. The van der Waals surface area contributed by atoms with Crippen molar-refractivity contribution in [2.45, 2.75) is 6.92 Å². The molecule has 0 radical (unpaired) electrons. The van der Waals surface area contributed by atoms with E-state index in [4.69, 9.17) is 0 Å². The van der Waals surface area contributed by atoms with Gasteiger partial charge in [-0.05, 0) is 19.1 Å². The Kier molecular flexibility index (Phi) is 1.28. The predicted molar refractivity (Wildman–Crippen MR) is 42.1 cm³/mol. The molecule has 0 aliphatic heterocycles. The van der Waals surface area contributed by atoms with Gasteiger partial charge in [-0.1, -0.05) is 0 Å². The van der Waals surface area contributed by atoms with Gasteiger partial charge in [0.05, 0.1) is 17.4 Å². The minimum absolute atomic E-state index is 0.903. The first-order valence-corrected chi connectivity index (χ1v) is 3.41. The third kappa shape index (κ3) is 0.941. The van der Waals surface area contributed by atoms with Crippen LogP contribution in [0.25, 0.3) is 10.9 Å². The Bertz CT molecular complexity index is 378. The lowest BCUT2D eigenvalue weighted by atomic mass is 10.2. The van der Waals surface area contributed by atoms with Gasteiger partial charge in [-0.3, -0.25) is 4.98 Å². The van der Waals surface area contributed by atoms with Gasteiger partial charge in [0, 0.05) is 11.6 Å². The molecule has 11 heavy (non-hydrogen) atoms. The Morgan fingerprint density at radius 1 is 1.36 bits per heavy atom. The van der Waals surface area contributed by atoms with Crippen molar-refractivity contribution < 1.29 is 0 Å². The zero-order valence-electron chi connectivity index (χ0n) is 6.15. The van der Waals surface area contributed by atoms with E-state index in [0.717, 1.165) is 16.6 Å². The van der Waals surface area contributed by atoms with E-state index in [-0.39, 0.29) is 0 Å². The van der Waals surface area contributed by atoms with E-state index in [1.807, 2.05) is 19.1 Å². The van der Waals surface area contributed by atoms with Crippen LogP contribution in [0.4, 0.5) is 0 Å². The van der Waals surface area contributed by atoms with Crippen molar-refractivity contribution >= 4 is 10.9 Å². The summed E-state index contributed by atoms with van der Waals surface area (Å²) < 4.78 is 0. The molecule has 54 valence electrons. The van der Waals surface area contributed by atoms with Gasteiger partial charge in [-0.2, -0.15) is 10.2 Å². The van der Waals surface area contributed by atoms with Crippen LogP contribution in [0.5, 0.6) is 0 Å². The average molecular weight is 145 g/mol. The maximum atomic E-state index is 4.14. The molecule has 0 amide bonds. The minimum atomic E-state index is 0.903. The molecule has 0 aliphatic carbocycles. The summed E-state index contributed by atoms with van der Waals surface area (Å²) in [5.74, 6) is 0. The van der Waals surface area contributed by atoms with Gasteiger partial charge in [-0.15, -0.1) is 0 Å². The van der Waals surface area contributed by atoms with Crippen molar-refractivity contribution in [2.24, 2.45) is 0 Å². The fraction of sp³-hybridized carbons (Fsp3) is 0.125. The van der Waals surface area contributed by atoms with Crippen molar-refractivity contribution in [3.63, 3.8) is 0 Å². The third-order valence-corrected chi connectivity index (χ3v) is 1.62. The highest BCUT2D eigenvalue weighted by Crippen LogP contribution is 2.10. The van der Waals surface area contributed by atoms with Crippen LogP contribution < -0.4 is 0 Å². The zero-order chi connectivity index (χ0) is 7.68. The van der Waals surface area contributed by atoms with Gasteiger partial charge in [-0.25, -0.2) is 0 Å². The Balaban J connectivity index is 2.91. The van der Waals surface area contributed by atoms with Gasteiger partial charge < -0.3 is 0 Å². The smallest absolute Gasteiger partial charge is 0.0922 e. The maximum absolute atomic E-state index is 4.14. The van der Waals surface area contributed by atoms with Crippen LogP contribution in [0.1, 0.15) is 5.69 Å². The second-order valence-electron chi connectivity index (χ2n) is 2.37. The second kappa shape index (κ2) is 2.27. The first-order valence-electron chi connectivity index (χ1n) is 3.41. The molecule has 0 atom stereocenters. The Morgan fingerprint density at radius 2 is 2.27 bits per heavy atom. The highest BCUT2D eigenvalue weighted by molar-refractivity contribution is 5.79. The summed E-state index contributed by atoms with van der Waals surface area (Å²) in [5.41, 5.74) is 1.83. The largest absolute Gasteiger partial charge is 0.254 e. The van der Waals surface area contributed by atoms with E-state index in [0.29, 0.717) is 0 Å². The number of fused-ring (bicyclic) bond motifs is 1. The van der Waals surface area contributed by atoms with Crippen LogP contribution in [-0.2, 0) is 0 Å². The average Bonchev–Trinajstić information content (AvgIpc) is 2.06. The fourth-order valence-electron chi connectivity index (χ4n) is 1.05. The molecular formula is C8H7N3. The molecule has 0 spiro atoms. The standard InChI is InChI=1S/C8H7N3/c1-6-7-3-2-4-9-8(7)5-10-11-6/h2-5H,1H3. The summed E-state index contributed by atoms with van der Waals surface area (Å²) in [7, 11) is 0. The van der Waals surface area contributed by atoms with E-state index in [1.54, 1.807) is 12.4 Å². The van der Waals surface area contributed by atoms with Gasteiger partial charge in [0.1, 0.15) is 0 Å². The number of hydrogen-bond acceptors (Lipinski definition) is 3. The molecule has 2 aromatic heterocycles. The summed E-state index contributed by atoms with van der Waals surface area (Å²) in [6, 6.07) is 3.89. The maximum Gasteiger partial charge on any atom is 0.0922 e. The Hall–Kier alpha value is -1.51. The highest BCUT2D eigenvalue weighted by Gasteiger charge is 1.96. The van der Waals surface area contributed by atoms with Gasteiger partial charge >= 0.3 is 0 Å². The van der Waals surface area contributed by atoms with Gasteiger partial charge in [0.15, 0.2) is 0 Å². The van der Waals surface area contributed by atoms with E-state index in [2.05, 4.69) is 15.2 Å². The van der Waals surface area contributed by atoms with Crippen LogP contribution in [0, 0.1) is 6.92 Å². The van der Waals surface area contributed by atoms with Crippen molar-refractivity contribution in [3.05, 3.63) is 30.2 Å². The molecule has 2 aromatic rings. The van der Waals surface area contributed by atoms with Crippen LogP contribution in [0.15, 0.2) is 24.5 Å². The van der Waals surface area contributed by atoms with Crippen molar-refractivity contribution in [2.75, 3.05) is 0 Å². The normalized spacial score (nSPS) is 10.3. The summed E-state index contributed by atoms with van der Waals surface area (Å²) in [4.78, 5) is 4.14. The Labute approximate surface area is 64.1 Å². The number of aromatic nitrogens is 3. The van der Waals surface area contributed by atoms with Gasteiger partial charge in [0.2, 0.25) is 0 Å². The Morgan fingerprint density at radius 3 is 3.09 bits per heavy atom. The molecule has 2 rings (SSSR count). The molecule has 2 heterocycles. The van der Waals surface area contributed by atoms with Crippen LogP contribution in [-0.4, -0.2) is 15.2 Å². The van der Waals surface area contributed by atoms with E-state index in [1.165, 1.54) is 0 Å². The first kappa shape index (κ1) is 6.22. The van der Waals surface area contributed by atoms with E-state index < -0.39 is 0 Å². The SMILES string of the molecule is Cc1nncc2ncccc12. The minimum Gasteiger partial charge on any atom is -0.254 e. The quantitative estimate of drug-likeness (QED) is 0.561. The van der Waals surface area contributed by atoms with E-state index >= 15 is 0 Å². The number of aryl methyl sites for hydroxylation is 1. The molecule has 3 nitrogen and oxygen atoms in total. The summed E-state index contributed by atoms with van der Waals surface area (Å²) in [6.45, 7) is 1.93. The summed E-state index contributed by atoms with van der Waals surface area (Å²) in [5, 5.41) is 8.79. The molecule has 0 N–H and O–H groups in total. The first-order chi connectivity index (χ1) is 5.38. The number of nitrogens with zero attached hydrogens (tertiary/aromatic N) is 3. The molecule has 0 saturated heterocycles. The molecule has 0 fully saturated rings.